The lowest BCUT2D eigenvalue weighted by molar-refractivity contribution is -0.116. The molecule has 140 valence electrons. The van der Waals surface area contributed by atoms with Crippen LogP contribution in [-0.4, -0.2) is 36.4 Å². The fraction of sp³-hybridized carbons (Fsp3) is 0.400. The van der Waals surface area contributed by atoms with E-state index in [1.54, 1.807) is 12.4 Å². The van der Waals surface area contributed by atoms with Gasteiger partial charge in [0.2, 0.25) is 0 Å². The highest BCUT2D eigenvalue weighted by Gasteiger charge is 2.57. The van der Waals surface area contributed by atoms with Gasteiger partial charge in [-0.05, 0) is 30.7 Å². The molecule has 1 aromatic carbocycles. The van der Waals surface area contributed by atoms with Crippen LogP contribution < -0.4 is 10.5 Å². The minimum Gasteiger partial charge on any atom is -0.489 e. The zero-order valence-corrected chi connectivity index (χ0v) is 15.6. The monoisotopic (exact) mass is 385 g/mol. The molecular weight excluding hydrogens is 366 g/mol. The van der Waals surface area contributed by atoms with Crippen LogP contribution >= 0.6 is 11.6 Å². The van der Waals surface area contributed by atoms with Crippen LogP contribution in [0, 0.1) is 5.92 Å². The third-order valence-corrected chi connectivity index (χ3v) is 5.96. The number of hydrogen-bond donors (Lipinski definition) is 1. The summed E-state index contributed by atoms with van der Waals surface area (Å²) in [6, 6.07) is 8.21. The Hall–Kier alpha value is -2.31. The predicted octanol–water partition coefficient (Wildman–Crippen LogP) is 3.13. The first-order valence-electron chi connectivity index (χ1n) is 9.09. The van der Waals surface area contributed by atoms with Crippen LogP contribution in [0.15, 0.2) is 41.7 Å². The summed E-state index contributed by atoms with van der Waals surface area (Å²) in [5.74, 6) is 0.860. The molecule has 2 aromatic rings. The molecule has 0 radical (unpaired) electrons. The number of pyridine rings is 1. The van der Waals surface area contributed by atoms with Crippen LogP contribution in [0.4, 0.5) is 0 Å². The van der Waals surface area contributed by atoms with Gasteiger partial charge in [0.25, 0.3) is 6.02 Å². The highest BCUT2D eigenvalue weighted by Crippen LogP contribution is 2.52. The summed E-state index contributed by atoms with van der Waals surface area (Å²) in [6.45, 7) is 3.14. The first kappa shape index (κ1) is 16.8. The van der Waals surface area contributed by atoms with E-state index in [0.717, 1.165) is 28.9 Å². The van der Waals surface area contributed by atoms with E-state index in [9.17, 15) is 0 Å². The lowest BCUT2D eigenvalue weighted by Gasteiger charge is -2.48. The van der Waals surface area contributed by atoms with Crippen LogP contribution in [0.2, 0.25) is 5.02 Å². The average molecular weight is 386 g/mol. The third-order valence-electron chi connectivity index (χ3n) is 5.75. The summed E-state index contributed by atoms with van der Waals surface area (Å²) >= 11 is 6.13. The molecule has 4 unspecified atom stereocenters. The number of hydrogen-bond acceptors (Lipinski definition) is 6. The van der Waals surface area contributed by atoms with Gasteiger partial charge in [-0.2, -0.15) is 0 Å². The lowest BCUT2D eigenvalue weighted by atomic mass is 9.69. The molecule has 2 N–H and O–H groups in total. The number of halogens is 1. The maximum atomic E-state index is 6.36. The Morgan fingerprint density at radius 2 is 2.11 bits per heavy atom. The number of aliphatic imine (C=N–C) groups is 1. The molecule has 1 spiro atoms. The fourth-order valence-electron chi connectivity index (χ4n) is 4.60. The molecule has 7 heteroatoms. The molecule has 0 saturated carbocycles. The van der Waals surface area contributed by atoms with Crippen molar-refractivity contribution < 1.29 is 14.2 Å². The fourth-order valence-corrected chi connectivity index (χ4v) is 4.77. The normalized spacial score (nSPS) is 31.5. The first-order valence-corrected chi connectivity index (χ1v) is 9.46. The third kappa shape index (κ3) is 2.58. The van der Waals surface area contributed by atoms with Gasteiger partial charge < -0.3 is 19.9 Å². The molecule has 1 saturated heterocycles. The van der Waals surface area contributed by atoms with Crippen LogP contribution in [0.25, 0.3) is 11.1 Å². The van der Waals surface area contributed by atoms with Crippen molar-refractivity contribution >= 4 is 17.6 Å². The predicted molar refractivity (Wildman–Crippen MR) is 102 cm³/mol. The van der Waals surface area contributed by atoms with E-state index in [4.69, 9.17) is 36.5 Å². The van der Waals surface area contributed by atoms with Gasteiger partial charge in [-0.15, -0.1) is 0 Å². The smallest absolute Gasteiger partial charge is 0.283 e. The van der Waals surface area contributed by atoms with E-state index in [2.05, 4.69) is 18.0 Å². The molecule has 0 aliphatic carbocycles. The summed E-state index contributed by atoms with van der Waals surface area (Å²) in [5.41, 5.74) is 8.25. The molecule has 6 nitrogen and oxygen atoms in total. The average Bonchev–Trinajstić information content (AvgIpc) is 3.04. The summed E-state index contributed by atoms with van der Waals surface area (Å²) < 4.78 is 17.9. The van der Waals surface area contributed by atoms with E-state index >= 15 is 0 Å². The zero-order valence-electron chi connectivity index (χ0n) is 14.9. The number of amidine groups is 1. The van der Waals surface area contributed by atoms with Crippen LogP contribution in [0.1, 0.15) is 18.9 Å². The molecule has 5 rings (SSSR count). The minimum atomic E-state index is -0.607. The van der Waals surface area contributed by atoms with Crippen LogP contribution in [0.3, 0.4) is 0 Å². The molecule has 4 atom stereocenters. The summed E-state index contributed by atoms with van der Waals surface area (Å²) in [4.78, 5) is 8.97. The van der Waals surface area contributed by atoms with E-state index in [0.29, 0.717) is 18.2 Å². The van der Waals surface area contributed by atoms with Gasteiger partial charge in [-0.3, -0.25) is 4.98 Å². The van der Waals surface area contributed by atoms with Crippen molar-refractivity contribution in [3.8, 4) is 16.9 Å². The van der Waals surface area contributed by atoms with E-state index in [1.165, 1.54) is 0 Å². The van der Waals surface area contributed by atoms with Gasteiger partial charge in [0.15, 0.2) is 0 Å². The summed E-state index contributed by atoms with van der Waals surface area (Å²) in [5, 5.41) is 0.594. The molecule has 27 heavy (non-hydrogen) atoms. The summed E-state index contributed by atoms with van der Waals surface area (Å²) in [6.07, 6.45) is 4.26. The SMILES string of the molecule is CC1OCCC2Oc3ccc(-c4cncc(Cl)c4)cc3C3(COC(N)=N3)C12. The Kier molecular flexibility index (Phi) is 3.81. The van der Waals surface area contributed by atoms with Crippen molar-refractivity contribution in [2.24, 2.45) is 16.6 Å². The second kappa shape index (κ2) is 6.11. The molecule has 0 bridgehead atoms. The standard InChI is InChI=1S/C20H20ClN3O3/c1-11-18-17(4-5-25-11)27-16-3-2-12(13-6-14(21)9-23-8-13)7-15(16)20(18)10-26-19(22)24-20/h2-3,6-9,11,17-18H,4-5,10H2,1H3,(H2,22,24). The summed E-state index contributed by atoms with van der Waals surface area (Å²) in [7, 11) is 0. The molecule has 3 aliphatic rings. The molecular formula is C20H20ClN3O3. The Balaban J connectivity index is 1.69. The van der Waals surface area contributed by atoms with Gasteiger partial charge in [0.1, 0.15) is 24.0 Å². The van der Waals surface area contributed by atoms with Crippen molar-refractivity contribution in [1.29, 1.82) is 0 Å². The van der Waals surface area contributed by atoms with Gasteiger partial charge in [-0.25, -0.2) is 4.99 Å². The van der Waals surface area contributed by atoms with E-state index < -0.39 is 5.54 Å². The topological polar surface area (TPSA) is 79.0 Å². The molecule has 0 amide bonds. The van der Waals surface area contributed by atoms with Crippen LogP contribution in [0.5, 0.6) is 5.75 Å². The van der Waals surface area contributed by atoms with Crippen molar-refractivity contribution in [2.45, 2.75) is 31.1 Å². The van der Waals surface area contributed by atoms with Crippen LogP contribution in [-0.2, 0) is 15.0 Å². The minimum absolute atomic E-state index is 0.00774. The largest absolute Gasteiger partial charge is 0.489 e. The Labute approximate surface area is 162 Å². The number of nitrogens with two attached hydrogens (primary N) is 1. The van der Waals surface area contributed by atoms with Gasteiger partial charge in [-0.1, -0.05) is 17.7 Å². The van der Waals surface area contributed by atoms with Gasteiger partial charge in [0, 0.05) is 29.9 Å². The highest BCUT2D eigenvalue weighted by molar-refractivity contribution is 6.30. The Morgan fingerprint density at radius 3 is 2.89 bits per heavy atom. The van der Waals surface area contributed by atoms with Crippen molar-refractivity contribution in [1.82, 2.24) is 4.98 Å². The Morgan fingerprint density at radius 1 is 1.22 bits per heavy atom. The second-order valence-corrected chi connectivity index (χ2v) is 7.75. The zero-order chi connectivity index (χ0) is 18.6. The number of nitrogens with zero attached hydrogens (tertiary/aromatic N) is 2. The molecule has 1 aromatic heterocycles. The number of aromatic nitrogens is 1. The molecule has 3 aliphatic heterocycles. The van der Waals surface area contributed by atoms with E-state index in [-0.39, 0.29) is 24.1 Å². The second-order valence-electron chi connectivity index (χ2n) is 7.31. The number of fused-ring (bicyclic) bond motifs is 4. The van der Waals surface area contributed by atoms with Crippen molar-refractivity contribution in [2.75, 3.05) is 13.2 Å². The number of ether oxygens (including phenoxy) is 3. The van der Waals surface area contributed by atoms with Gasteiger partial charge >= 0.3 is 0 Å². The maximum absolute atomic E-state index is 6.36. The highest BCUT2D eigenvalue weighted by atomic mass is 35.5. The number of rotatable bonds is 1. The van der Waals surface area contributed by atoms with Gasteiger partial charge in [0.05, 0.1) is 23.7 Å². The number of benzene rings is 1. The first-order chi connectivity index (χ1) is 13.1. The van der Waals surface area contributed by atoms with E-state index in [1.807, 2.05) is 18.2 Å². The van der Waals surface area contributed by atoms with Crippen molar-refractivity contribution in [3.63, 3.8) is 0 Å². The molecule has 1 fully saturated rings. The van der Waals surface area contributed by atoms with Crippen molar-refractivity contribution in [3.05, 3.63) is 47.2 Å². The Bertz CT molecular complexity index is 934. The lowest BCUT2D eigenvalue weighted by Crippen LogP contribution is -2.56. The maximum Gasteiger partial charge on any atom is 0.283 e. The molecule has 4 heterocycles. The quantitative estimate of drug-likeness (QED) is 0.815.